The van der Waals surface area contributed by atoms with E-state index >= 15 is 0 Å². The highest BCUT2D eigenvalue weighted by atomic mass is 16.5. The van der Waals surface area contributed by atoms with E-state index in [9.17, 15) is 4.79 Å². The average Bonchev–Trinajstić information content (AvgIpc) is 2.59. The van der Waals surface area contributed by atoms with Crippen LogP contribution in [0.1, 0.15) is 24.8 Å². The molecule has 5 heteroatoms. The molecule has 0 aromatic heterocycles. The van der Waals surface area contributed by atoms with E-state index in [-0.39, 0.29) is 5.91 Å². The number of hydrogen-bond acceptors (Lipinski definition) is 4. The molecule has 1 amide bonds. The van der Waals surface area contributed by atoms with Crippen molar-refractivity contribution in [2.24, 2.45) is 0 Å². The number of aryl methyl sites for hydroxylation is 1. The van der Waals surface area contributed by atoms with Crippen LogP contribution in [0, 0.1) is 0 Å². The van der Waals surface area contributed by atoms with Crippen molar-refractivity contribution < 1.29 is 19.0 Å². The molecule has 0 saturated carbocycles. The number of carbonyl (C=O) groups excluding carboxylic acids is 1. The van der Waals surface area contributed by atoms with Crippen LogP contribution < -0.4 is 9.47 Å². The molecule has 0 spiro atoms. The third-order valence-electron chi connectivity index (χ3n) is 4.20. The highest BCUT2D eigenvalue weighted by molar-refractivity contribution is 5.76. The first-order valence-electron chi connectivity index (χ1n) is 7.69. The summed E-state index contributed by atoms with van der Waals surface area (Å²) in [5.74, 6) is 1.62. The van der Waals surface area contributed by atoms with Gasteiger partial charge in [0.15, 0.2) is 11.5 Å². The SMILES string of the molecule is COc1ccc(CCC(=O)N2CCC(OC)CC2)cc1OC. The zero-order valence-electron chi connectivity index (χ0n) is 13.6. The molecule has 2 rings (SSSR count). The van der Waals surface area contributed by atoms with Gasteiger partial charge in [0, 0.05) is 26.6 Å². The summed E-state index contributed by atoms with van der Waals surface area (Å²) in [6.07, 6.45) is 3.39. The van der Waals surface area contributed by atoms with Gasteiger partial charge in [-0.3, -0.25) is 4.79 Å². The molecule has 1 aliphatic rings. The lowest BCUT2D eigenvalue weighted by atomic mass is 10.1. The number of benzene rings is 1. The lowest BCUT2D eigenvalue weighted by Gasteiger charge is -2.31. The second kappa shape index (κ2) is 8.03. The molecule has 1 aliphatic heterocycles. The Hall–Kier alpha value is -1.75. The van der Waals surface area contributed by atoms with Gasteiger partial charge in [0.2, 0.25) is 5.91 Å². The van der Waals surface area contributed by atoms with Crippen LogP contribution in [0.4, 0.5) is 0 Å². The lowest BCUT2D eigenvalue weighted by Crippen LogP contribution is -2.40. The third kappa shape index (κ3) is 4.13. The van der Waals surface area contributed by atoms with E-state index in [2.05, 4.69) is 0 Å². The van der Waals surface area contributed by atoms with Crippen molar-refractivity contribution in [2.45, 2.75) is 31.8 Å². The Kier molecular flexibility index (Phi) is 6.07. The molecule has 0 N–H and O–H groups in total. The monoisotopic (exact) mass is 307 g/mol. The predicted molar refractivity (Wildman–Crippen MR) is 84.5 cm³/mol. The molecule has 5 nitrogen and oxygen atoms in total. The molecule has 1 saturated heterocycles. The molecule has 122 valence electrons. The molecule has 1 aromatic carbocycles. The van der Waals surface area contributed by atoms with Crippen molar-refractivity contribution in [2.75, 3.05) is 34.4 Å². The molecule has 0 aliphatic carbocycles. The number of piperidine rings is 1. The minimum absolute atomic E-state index is 0.212. The van der Waals surface area contributed by atoms with Gasteiger partial charge in [0.05, 0.1) is 20.3 Å². The van der Waals surface area contributed by atoms with Crippen LogP contribution in [0.5, 0.6) is 11.5 Å². The normalized spacial score (nSPS) is 15.7. The highest BCUT2D eigenvalue weighted by Gasteiger charge is 2.22. The fourth-order valence-corrected chi connectivity index (χ4v) is 2.79. The first-order valence-corrected chi connectivity index (χ1v) is 7.69. The summed E-state index contributed by atoms with van der Waals surface area (Å²) in [6, 6.07) is 5.79. The molecule has 0 bridgehead atoms. The maximum atomic E-state index is 12.3. The van der Waals surface area contributed by atoms with Crippen molar-refractivity contribution in [3.63, 3.8) is 0 Å². The van der Waals surface area contributed by atoms with Crippen LogP contribution in [0.15, 0.2) is 18.2 Å². The minimum Gasteiger partial charge on any atom is -0.493 e. The summed E-state index contributed by atoms with van der Waals surface area (Å²) in [5, 5.41) is 0. The summed E-state index contributed by atoms with van der Waals surface area (Å²) in [6.45, 7) is 1.59. The second-order valence-corrected chi connectivity index (χ2v) is 5.51. The molecule has 0 unspecified atom stereocenters. The van der Waals surface area contributed by atoms with Gasteiger partial charge >= 0.3 is 0 Å². The summed E-state index contributed by atoms with van der Waals surface area (Å²) in [7, 11) is 4.97. The van der Waals surface area contributed by atoms with Crippen molar-refractivity contribution in [3.05, 3.63) is 23.8 Å². The molecular formula is C17H25NO4. The van der Waals surface area contributed by atoms with E-state index < -0.39 is 0 Å². The van der Waals surface area contributed by atoms with Crippen LogP contribution in [-0.2, 0) is 16.0 Å². The Labute approximate surface area is 132 Å². The number of carbonyl (C=O) groups is 1. The molecule has 1 heterocycles. The number of nitrogens with zero attached hydrogens (tertiary/aromatic N) is 1. The van der Waals surface area contributed by atoms with Gasteiger partial charge in [-0.25, -0.2) is 0 Å². The number of ether oxygens (including phenoxy) is 3. The highest BCUT2D eigenvalue weighted by Crippen LogP contribution is 2.28. The number of rotatable bonds is 6. The van der Waals surface area contributed by atoms with Gasteiger partial charge in [0.1, 0.15) is 0 Å². The first-order chi connectivity index (χ1) is 10.7. The van der Waals surface area contributed by atoms with Gasteiger partial charge in [0.25, 0.3) is 0 Å². The van der Waals surface area contributed by atoms with Crippen molar-refractivity contribution >= 4 is 5.91 Å². The fourth-order valence-electron chi connectivity index (χ4n) is 2.79. The van der Waals surface area contributed by atoms with E-state index in [1.165, 1.54) is 0 Å². The number of hydrogen-bond donors (Lipinski definition) is 0. The largest absolute Gasteiger partial charge is 0.493 e. The fraction of sp³-hybridized carbons (Fsp3) is 0.588. The predicted octanol–water partition coefficient (Wildman–Crippen LogP) is 2.27. The van der Waals surface area contributed by atoms with Crippen molar-refractivity contribution in [1.82, 2.24) is 4.90 Å². The smallest absolute Gasteiger partial charge is 0.222 e. The molecule has 1 aromatic rings. The van der Waals surface area contributed by atoms with E-state index in [0.717, 1.165) is 31.5 Å². The van der Waals surface area contributed by atoms with Gasteiger partial charge in [-0.05, 0) is 37.0 Å². The minimum atomic E-state index is 0.212. The van der Waals surface area contributed by atoms with Gasteiger partial charge in [-0.2, -0.15) is 0 Å². The molecule has 22 heavy (non-hydrogen) atoms. The van der Waals surface area contributed by atoms with Crippen LogP contribution >= 0.6 is 0 Å². The Morgan fingerprint density at radius 2 is 1.82 bits per heavy atom. The Morgan fingerprint density at radius 3 is 2.41 bits per heavy atom. The van der Waals surface area contributed by atoms with E-state index in [4.69, 9.17) is 14.2 Å². The van der Waals surface area contributed by atoms with Crippen LogP contribution in [0.3, 0.4) is 0 Å². The standard InChI is InChI=1S/C17H25NO4/c1-20-14-8-10-18(11-9-14)17(19)7-5-13-4-6-15(21-2)16(12-13)22-3/h4,6,12,14H,5,7-11H2,1-3H3. The first kappa shape index (κ1) is 16.6. The van der Waals surface area contributed by atoms with Crippen molar-refractivity contribution in [3.8, 4) is 11.5 Å². The maximum absolute atomic E-state index is 12.3. The second-order valence-electron chi connectivity index (χ2n) is 5.51. The molecule has 1 fully saturated rings. The van der Waals surface area contributed by atoms with Gasteiger partial charge in [-0.1, -0.05) is 6.07 Å². The zero-order chi connectivity index (χ0) is 15.9. The van der Waals surface area contributed by atoms with Crippen molar-refractivity contribution in [1.29, 1.82) is 0 Å². The van der Waals surface area contributed by atoms with E-state index in [1.807, 2.05) is 23.1 Å². The van der Waals surface area contributed by atoms with Gasteiger partial charge in [-0.15, -0.1) is 0 Å². The van der Waals surface area contributed by atoms with Gasteiger partial charge < -0.3 is 19.1 Å². The van der Waals surface area contributed by atoms with Crippen LogP contribution in [-0.4, -0.2) is 51.3 Å². The molecular weight excluding hydrogens is 282 g/mol. The average molecular weight is 307 g/mol. The number of methoxy groups -OCH3 is 3. The number of likely N-dealkylation sites (tertiary alicyclic amines) is 1. The topological polar surface area (TPSA) is 48.0 Å². The maximum Gasteiger partial charge on any atom is 0.222 e. The summed E-state index contributed by atoms with van der Waals surface area (Å²) < 4.78 is 15.8. The van der Waals surface area contributed by atoms with E-state index in [0.29, 0.717) is 30.4 Å². The van der Waals surface area contributed by atoms with Crippen LogP contribution in [0.25, 0.3) is 0 Å². The van der Waals surface area contributed by atoms with Crippen LogP contribution in [0.2, 0.25) is 0 Å². The Morgan fingerprint density at radius 1 is 1.14 bits per heavy atom. The van der Waals surface area contributed by atoms with E-state index in [1.54, 1.807) is 21.3 Å². The zero-order valence-corrected chi connectivity index (χ0v) is 13.6. The molecule has 0 radical (unpaired) electrons. The Balaban J connectivity index is 1.86. The number of amides is 1. The third-order valence-corrected chi connectivity index (χ3v) is 4.20. The summed E-state index contributed by atoms with van der Waals surface area (Å²) in [4.78, 5) is 14.2. The lowest BCUT2D eigenvalue weighted by molar-refractivity contribution is -0.133. The summed E-state index contributed by atoms with van der Waals surface area (Å²) in [5.41, 5.74) is 1.08. The Bertz CT molecular complexity index is 495. The molecule has 0 atom stereocenters. The summed E-state index contributed by atoms with van der Waals surface area (Å²) >= 11 is 0. The quantitative estimate of drug-likeness (QED) is 0.809.